The fraction of sp³-hybridized carbons (Fsp3) is 0.375. The number of ether oxygens (including phenoxy) is 1. The number of aromatic nitrogens is 2. The number of thioether (sulfide) groups is 1. The predicted molar refractivity (Wildman–Crippen MR) is 124 cm³/mol. The Hall–Kier alpha value is -2.80. The van der Waals surface area contributed by atoms with E-state index in [1.165, 1.54) is 11.8 Å². The number of rotatable bonds is 7. The average Bonchev–Trinajstić information content (AvgIpc) is 3.28. The molecule has 1 aromatic heterocycles. The van der Waals surface area contributed by atoms with E-state index in [1.807, 2.05) is 56.3 Å². The van der Waals surface area contributed by atoms with Crippen LogP contribution in [0.4, 0.5) is 0 Å². The van der Waals surface area contributed by atoms with Crippen molar-refractivity contribution in [3.8, 4) is 11.4 Å². The molecule has 1 saturated carbocycles. The zero-order chi connectivity index (χ0) is 21.8. The molecule has 6 nitrogen and oxygen atoms in total. The number of fused-ring (bicyclic) bond motifs is 1. The highest BCUT2D eigenvalue weighted by atomic mass is 32.2. The average molecular weight is 438 g/mol. The summed E-state index contributed by atoms with van der Waals surface area (Å²) in [4.78, 5) is 30.9. The summed E-state index contributed by atoms with van der Waals surface area (Å²) >= 11 is 1.31. The van der Waals surface area contributed by atoms with Gasteiger partial charge in [0.2, 0.25) is 5.91 Å². The van der Waals surface area contributed by atoms with Gasteiger partial charge in [-0.25, -0.2) is 4.98 Å². The van der Waals surface area contributed by atoms with Gasteiger partial charge in [-0.1, -0.05) is 36.7 Å². The van der Waals surface area contributed by atoms with E-state index in [0.29, 0.717) is 28.4 Å². The quantitative estimate of drug-likeness (QED) is 0.440. The van der Waals surface area contributed by atoms with Crippen LogP contribution in [0.5, 0.6) is 5.75 Å². The third kappa shape index (κ3) is 4.77. The minimum absolute atomic E-state index is 0.0162. The lowest BCUT2D eigenvalue weighted by molar-refractivity contribution is -0.120. The topological polar surface area (TPSA) is 73.2 Å². The molecule has 7 heteroatoms. The minimum Gasteiger partial charge on any atom is -0.494 e. The fourth-order valence-electron chi connectivity index (χ4n) is 3.88. The molecule has 1 heterocycles. The van der Waals surface area contributed by atoms with E-state index < -0.39 is 0 Å². The summed E-state index contributed by atoms with van der Waals surface area (Å²) in [6.45, 7) is 4.36. The monoisotopic (exact) mass is 437 g/mol. The molecule has 4 rings (SSSR count). The first-order chi connectivity index (χ1) is 15.1. The van der Waals surface area contributed by atoms with Crippen LogP contribution in [-0.4, -0.2) is 33.4 Å². The Morgan fingerprint density at radius 2 is 1.90 bits per heavy atom. The third-order valence-electron chi connectivity index (χ3n) is 5.50. The SMILES string of the molecule is CCOc1ccc(-n2c(S[C@H](C)C(=O)NC3CCCC3)nc3ccccc3c2=O)cc1. The van der Waals surface area contributed by atoms with Crippen molar-refractivity contribution in [3.05, 3.63) is 58.9 Å². The number of nitrogens with zero attached hydrogens (tertiary/aromatic N) is 2. The zero-order valence-corrected chi connectivity index (χ0v) is 18.7. The van der Waals surface area contributed by atoms with E-state index in [9.17, 15) is 9.59 Å². The molecule has 1 atom stereocenters. The summed E-state index contributed by atoms with van der Waals surface area (Å²) in [5.74, 6) is 0.726. The molecule has 31 heavy (non-hydrogen) atoms. The molecule has 0 bridgehead atoms. The van der Waals surface area contributed by atoms with Crippen molar-refractivity contribution in [2.75, 3.05) is 6.61 Å². The van der Waals surface area contributed by atoms with Gasteiger partial charge < -0.3 is 10.1 Å². The normalized spacial score (nSPS) is 15.2. The Morgan fingerprint density at radius 1 is 1.19 bits per heavy atom. The summed E-state index contributed by atoms with van der Waals surface area (Å²) in [6.07, 6.45) is 4.40. The van der Waals surface area contributed by atoms with Crippen LogP contribution in [0.25, 0.3) is 16.6 Å². The third-order valence-corrected chi connectivity index (χ3v) is 6.56. The molecule has 1 aliphatic carbocycles. The number of benzene rings is 2. The van der Waals surface area contributed by atoms with Crippen molar-refractivity contribution in [1.82, 2.24) is 14.9 Å². The van der Waals surface area contributed by atoms with Gasteiger partial charge in [-0.3, -0.25) is 14.2 Å². The Labute approximate surface area is 186 Å². The number of para-hydroxylation sites is 1. The van der Waals surface area contributed by atoms with Gasteiger partial charge in [0.05, 0.1) is 28.4 Å². The van der Waals surface area contributed by atoms with Gasteiger partial charge in [-0.15, -0.1) is 0 Å². The van der Waals surface area contributed by atoms with Crippen LogP contribution in [0.1, 0.15) is 39.5 Å². The molecule has 3 aromatic rings. The van der Waals surface area contributed by atoms with Crippen LogP contribution in [-0.2, 0) is 4.79 Å². The van der Waals surface area contributed by atoms with Crippen molar-refractivity contribution in [2.24, 2.45) is 0 Å². The van der Waals surface area contributed by atoms with Gasteiger partial charge in [-0.05, 0) is 63.1 Å². The van der Waals surface area contributed by atoms with Crippen LogP contribution in [0, 0.1) is 0 Å². The lowest BCUT2D eigenvalue weighted by atomic mass is 10.2. The Kier molecular flexibility index (Phi) is 6.61. The first kappa shape index (κ1) is 21.4. The number of carbonyl (C=O) groups excluding carboxylic acids is 1. The minimum atomic E-state index is -0.373. The Balaban J connectivity index is 1.70. The largest absolute Gasteiger partial charge is 0.494 e. The van der Waals surface area contributed by atoms with E-state index in [0.717, 1.165) is 31.4 Å². The first-order valence-corrected chi connectivity index (χ1v) is 11.7. The second kappa shape index (κ2) is 9.56. The van der Waals surface area contributed by atoms with Crippen LogP contribution in [0.15, 0.2) is 58.5 Å². The molecule has 162 valence electrons. The number of amides is 1. The summed E-state index contributed by atoms with van der Waals surface area (Å²) < 4.78 is 7.11. The van der Waals surface area contributed by atoms with E-state index >= 15 is 0 Å². The van der Waals surface area contributed by atoms with Gasteiger partial charge in [0.25, 0.3) is 5.56 Å². The molecule has 2 aromatic carbocycles. The van der Waals surface area contributed by atoms with Crippen molar-refractivity contribution in [3.63, 3.8) is 0 Å². The van der Waals surface area contributed by atoms with E-state index in [1.54, 1.807) is 10.6 Å². The van der Waals surface area contributed by atoms with Gasteiger partial charge >= 0.3 is 0 Å². The Bertz CT molecular complexity index is 1120. The van der Waals surface area contributed by atoms with Gasteiger partial charge in [0.1, 0.15) is 5.75 Å². The summed E-state index contributed by atoms with van der Waals surface area (Å²) in [7, 11) is 0. The summed E-state index contributed by atoms with van der Waals surface area (Å²) in [5.41, 5.74) is 1.17. The lowest BCUT2D eigenvalue weighted by Gasteiger charge is -2.18. The second-order valence-corrected chi connectivity index (χ2v) is 9.04. The van der Waals surface area contributed by atoms with E-state index in [-0.39, 0.29) is 22.8 Å². The van der Waals surface area contributed by atoms with Gasteiger partial charge in [0, 0.05) is 6.04 Å². The standard InChI is InChI=1S/C24H27N3O3S/c1-3-30-19-14-12-18(13-15-19)27-23(29)20-10-6-7-11-21(20)26-24(27)31-16(2)22(28)25-17-8-4-5-9-17/h6-7,10-17H,3-5,8-9H2,1-2H3,(H,25,28)/t16-/m1/s1. The highest BCUT2D eigenvalue weighted by Gasteiger charge is 2.23. The first-order valence-electron chi connectivity index (χ1n) is 10.8. The molecule has 0 aliphatic heterocycles. The van der Waals surface area contributed by atoms with Crippen LogP contribution in [0.2, 0.25) is 0 Å². The maximum atomic E-state index is 13.4. The molecule has 0 saturated heterocycles. The second-order valence-electron chi connectivity index (χ2n) is 7.73. The molecule has 0 radical (unpaired) electrons. The van der Waals surface area contributed by atoms with Crippen molar-refractivity contribution < 1.29 is 9.53 Å². The highest BCUT2D eigenvalue weighted by Crippen LogP contribution is 2.27. The predicted octanol–water partition coefficient (Wildman–Crippen LogP) is 4.32. The van der Waals surface area contributed by atoms with E-state index in [2.05, 4.69) is 5.32 Å². The maximum absolute atomic E-state index is 13.4. The van der Waals surface area contributed by atoms with Crippen LogP contribution in [0.3, 0.4) is 0 Å². The van der Waals surface area contributed by atoms with Crippen molar-refractivity contribution in [2.45, 2.75) is 56.0 Å². The van der Waals surface area contributed by atoms with Gasteiger partial charge in [0.15, 0.2) is 5.16 Å². The van der Waals surface area contributed by atoms with Crippen molar-refractivity contribution in [1.29, 1.82) is 0 Å². The molecule has 0 unspecified atom stereocenters. The van der Waals surface area contributed by atoms with Gasteiger partial charge in [-0.2, -0.15) is 0 Å². The zero-order valence-electron chi connectivity index (χ0n) is 17.8. The highest BCUT2D eigenvalue weighted by molar-refractivity contribution is 8.00. The molecule has 1 aliphatic rings. The van der Waals surface area contributed by atoms with Crippen LogP contribution >= 0.6 is 11.8 Å². The van der Waals surface area contributed by atoms with Crippen molar-refractivity contribution >= 4 is 28.6 Å². The molecule has 1 fully saturated rings. The number of hydrogen-bond acceptors (Lipinski definition) is 5. The maximum Gasteiger partial charge on any atom is 0.266 e. The summed E-state index contributed by atoms with van der Waals surface area (Å²) in [5, 5.41) is 3.81. The molecule has 1 amide bonds. The molecular weight excluding hydrogens is 410 g/mol. The molecular formula is C24H27N3O3S. The van der Waals surface area contributed by atoms with E-state index in [4.69, 9.17) is 9.72 Å². The summed E-state index contributed by atoms with van der Waals surface area (Å²) in [6, 6.07) is 14.9. The number of hydrogen-bond donors (Lipinski definition) is 1. The molecule has 1 N–H and O–H groups in total. The fourth-order valence-corrected chi connectivity index (χ4v) is 4.81. The lowest BCUT2D eigenvalue weighted by Crippen LogP contribution is -2.38. The number of nitrogens with one attached hydrogen (secondary N) is 1. The smallest absolute Gasteiger partial charge is 0.266 e. The van der Waals surface area contributed by atoms with Crippen LogP contribution < -0.4 is 15.6 Å². The Morgan fingerprint density at radius 3 is 2.61 bits per heavy atom. The molecule has 0 spiro atoms. The number of carbonyl (C=O) groups is 1.